The lowest BCUT2D eigenvalue weighted by molar-refractivity contribution is -0.147. The van der Waals surface area contributed by atoms with Crippen LogP contribution < -0.4 is 0 Å². The molecule has 5 heteroatoms. The van der Waals surface area contributed by atoms with Gasteiger partial charge in [-0.15, -0.1) is 0 Å². The second-order valence-electron chi connectivity index (χ2n) is 6.08. The van der Waals surface area contributed by atoms with Gasteiger partial charge in [0.1, 0.15) is 6.04 Å². The van der Waals surface area contributed by atoms with Gasteiger partial charge in [0.25, 0.3) is 0 Å². The third-order valence-electron chi connectivity index (χ3n) is 4.59. The second-order valence-corrected chi connectivity index (χ2v) is 6.08. The maximum absolute atomic E-state index is 11.4. The van der Waals surface area contributed by atoms with Crippen LogP contribution in [0.2, 0.25) is 0 Å². The first-order valence-electron chi connectivity index (χ1n) is 7.45. The van der Waals surface area contributed by atoms with Gasteiger partial charge in [-0.1, -0.05) is 6.92 Å². The Hall–Kier alpha value is -0.650. The van der Waals surface area contributed by atoms with E-state index in [0.29, 0.717) is 0 Å². The van der Waals surface area contributed by atoms with Crippen LogP contribution in [0.25, 0.3) is 0 Å². The summed E-state index contributed by atoms with van der Waals surface area (Å²) in [6.07, 6.45) is 2.18. The summed E-state index contributed by atoms with van der Waals surface area (Å²) in [5, 5.41) is 9.39. The minimum absolute atomic E-state index is 0.277. The van der Waals surface area contributed by atoms with Crippen LogP contribution in [0.4, 0.5) is 0 Å². The number of rotatable bonds is 4. The number of hydrogen-bond donors (Lipinski definition) is 1. The fourth-order valence-corrected chi connectivity index (χ4v) is 3.27. The highest BCUT2D eigenvalue weighted by molar-refractivity contribution is 5.74. The summed E-state index contributed by atoms with van der Waals surface area (Å²) in [6, 6.07) is -0.277. The Balaban J connectivity index is 1.81. The first-order chi connectivity index (χ1) is 9.08. The summed E-state index contributed by atoms with van der Waals surface area (Å²) >= 11 is 0. The third-order valence-corrected chi connectivity index (χ3v) is 4.59. The molecule has 0 aliphatic carbocycles. The number of piperidine rings is 1. The van der Waals surface area contributed by atoms with Crippen molar-refractivity contribution >= 4 is 5.97 Å². The number of nitrogens with zero attached hydrogens (tertiary/aromatic N) is 3. The van der Waals surface area contributed by atoms with Crippen molar-refractivity contribution in [2.45, 2.75) is 25.8 Å². The van der Waals surface area contributed by atoms with Crippen molar-refractivity contribution in [3.63, 3.8) is 0 Å². The molecule has 2 saturated heterocycles. The fraction of sp³-hybridized carbons (Fsp3) is 0.929. The molecule has 0 amide bonds. The molecule has 2 rings (SSSR count). The summed E-state index contributed by atoms with van der Waals surface area (Å²) in [4.78, 5) is 18.4. The van der Waals surface area contributed by atoms with Crippen LogP contribution in [0.5, 0.6) is 0 Å². The standard InChI is InChI=1S/C14H27N3O2/c1-12-4-3-5-17(13(12)14(18)19)11-10-16-8-6-15(2)7-9-16/h12-13H,3-11H2,1-2H3,(H,18,19). The van der Waals surface area contributed by atoms with Gasteiger partial charge in [-0.2, -0.15) is 0 Å². The van der Waals surface area contributed by atoms with Gasteiger partial charge in [0, 0.05) is 39.3 Å². The molecule has 0 bridgehead atoms. The number of carbonyl (C=O) groups is 1. The highest BCUT2D eigenvalue weighted by Crippen LogP contribution is 2.23. The molecule has 2 atom stereocenters. The van der Waals surface area contributed by atoms with Gasteiger partial charge >= 0.3 is 5.97 Å². The third kappa shape index (κ3) is 3.91. The summed E-state index contributed by atoms with van der Waals surface area (Å²) in [6.45, 7) is 9.37. The van der Waals surface area contributed by atoms with Crippen LogP contribution in [0.3, 0.4) is 0 Å². The lowest BCUT2D eigenvalue weighted by Crippen LogP contribution is -2.53. The van der Waals surface area contributed by atoms with Gasteiger partial charge in [0.15, 0.2) is 0 Å². The maximum atomic E-state index is 11.4. The first kappa shape index (κ1) is 14.8. The van der Waals surface area contributed by atoms with Crippen molar-refractivity contribution in [2.24, 2.45) is 5.92 Å². The van der Waals surface area contributed by atoms with Crippen LogP contribution >= 0.6 is 0 Å². The number of aliphatic carboxylic acids is 1. The predicted molar refractivity (Wildman–Crippen MR) is 75.3 cm³/mol. The molecule has 2 heterocycles. The number of likely N-dealkylation sites (tertiary alicyclic amines) is 1. The number of carboxylic acids is 1. The van der Waals surface area contributed by atoms with Crippen molar-refractivity contribution in [1.82, 2.24) is 14.7 Å². The van der Waals surface area contributed by atoms with Crippen LogP contribution in [0.15, 0.2) is 0 Å². The molecule has 2 fully saturated rings. The Bertz CT molecular complexity index is 303. The topological polar surface area (TPSA) is 47.0 Å². The average Bonchev–Trinajstić information content (AvgIpc) is 2.37. The van der Waals surface area contributed by atoms with Crippen molar-refractivity contribution in [1.29, 1.82) is 0 Å². The molecule has 0 radical (unpaired) electrons. The van der Waals surface area contributed by atoms with Gasteiger partial charge in [-0.25, -0.2) is 0 Å². The molecule has 0 aromatic rings. The molecule has 2 aliphatic heterocycles. The Morgan fingerprint density at radius 3 is 2.47 bits per heavy atom. The highest BCUT2D eigenvalue weighted by atomic mass is 16.4. The fourth-order valence-electron chi connectivity index (χ4n) is 3.27. The molecular formula is C14H27N3O2. The quantitative estimate of drug-likeness (QED) is 0.801. The molecule has 0 saturated carbocycles. The number of carboxylic acid groups (broad SMARTS) is 1. The molecule has 1 N–H and O–H groups in total. The zero-order chi connectivity index (χ0) is 13.8. The van der Waals surface area contributed by atoms with E-state index in [4.69, 9.17) is 0 Å². The molecule has 5 nitrogen and oxygen atoms in total. The molecule has 2 aliphatic rings. The largest absolute Gasteiger partial charge is 0.480 e. The van der Waals surface area contributed by atoms with Crippen LogP contribution in [-0.4, -0.2) is 84.7 Å². The van der Waals surface area contributed by atoms with E-state index in [-0.39, 0.29) is 12.0 Å². The van der Waals surface area contributed by atoms with Gasteiger partial charge in [-0.05, 0) is 32.4 Å². The lowest BCUT2D eigenvalue weighted by Gasteiger charge is -2.39. The SMILES string of the molecule is CC1CCCN(CCN2CCN(C)CC2)C1C(=O)O. The Morgan fingerprint density at radius 2 is 1.84 bits per heavy atom. The summed E-state index contributed by atoms with van der Waals surface area (Å²) in [5.74, 6) is -0.371. The Labute approximate surface area is 116 Å². The van der Waals surface area contributed by atoms with E-state index in [1.165, 1.54) is 0 Å². The van der Waals surface area contributed by atoms with Crippen molar-refractivity contribution < 1.29 is 9.90 Å². The molecule has 0 spiro atoms. The number of hydrogen-bond acceptors (Lipinski definition) is 4. The molecule has 0 aromatic carbocycles. The molecule has 0 aromatic heterocycles. The van der Waals surface area contributed by atoms with E-state index in [9.17, 15) is 9.90 Å². The van der Waals surface area contributed by atoms with Crippen molar-refractivity contribution in [2.75, 3.05) is 52.9 Å². The average molecular weight is 269 g/mol. The van der Waals surface area contributed by atoms with E-state index in [1.54, 1.807) is 0 Å². The highest BCUT2D eigenvalue weighted by Gasteiger charge is 2.34. The Kier molecular flexibility index (Phi) is 5.19. The van der Waals surface area contributed by atoms with E-state index >= 15 is 0 Å². The minimum Gasteiger partial charge on any atom is -0.480 e. The number of piperazine rings is 1. The molecule has 2 unspecified atom stereocenters. The Morgan fingerprint density at radius 1 is 1.16 bits per heavy atom. The molecule has 19 heavy (non-hydrogen) atoms. The first-order valence-corrected chi connectivity index (χ1v) is 7.45. The van der Waals surface area contributed by atoms with E-state index in [0.717, 1.165) is 58.7 Å². The van der Waals surface area contributed by atoms with E-state index < -0.39 is 5.97 Å². The minimum atomic E-state index is -0.648. The smallest absolute Gasteiger partial charge is 0.321 e. The molecule has 110 valence electrons. The lowest BCUT2D eigenvalue weighted by atomic mass is 9.91. The predicted octanol–water partition coefficient (Wildman–Crippen LogP) is 0.419. The summed E-state index contributed by atoms with van der Waals surface area (Å²) in [7, 11) is 2.16. The number of likely N-dealkylation sites (N-methyl/N-ethyl adjacent to an activating group) is 1. The van der Waals surface area contributed by atoms with Crippen molar-refractivity contribution in [3.05, 3.63) is 0 Å². The van der Waals surface area contributed by atoms with Crippen LogP contribution in [-0.2, 0) is 4.79 Å². The van der Waals surface area contributed by atoms with Crippen LogP contribution in [0.1, 0.15) is 19.8 Å². The monoisotopic (exact) mass is 269 g/mol. The van der Waals surface area contributed by atoms with E-state index in [2.05, 4.69) is 28.7 Å². The summed E-state index contributed by atoms with van der Waals surface area (Å²) in [5.41, 5.74) is 0. The van der Waals surface area contributed by atoms with Gasteiger partial charge < -0.3 is 10.0 Å². The summed E-state index contributed by atoms with van der Waals surface area (Å²) < 4.78 is 0. The van der Waals surface area contributed by atoms with E-state index in [1.807, 2.05) is 0 Å². The zero-order valence-electron chi connectivity index (χ0n) is 12.2. The van der Waals surface area contributed by atoms with Gasteiger partial charge in [-0.3, -0.25) is 14.6 Å². The van der Waals surface area contributed by atoms with Crippen LogP contribution in [0, 0.1) is 5.92 Å². The van der Waals surface area contributed by atoms with Crippen molar-refractivity contribution in [3.8, 4) is 0 Å². The van der Waals surface area contributed by atoms with Gasteiger partial charge in [0.05, 0.1) is 0 Å². The zero-order valence-corrected chi connectivity index (χ0v) is 12.2. The van der Waals surface area contributed by atoms with Gasteiger partial charge in [0.2, 0.25) is 0 Å². The second kappa shape index (κ2) is 6.68. The molecular weight excluding hydrogens is 242 g/mol. The normalized spacial score (nSPS) is 31.5. The maximum Gasteiger partial charge on any atom is 0.321 e.